The number of allylic oxidation sites excluding steroid dienone is 3. The van der Waals surface area contributed by atoms with Crippen molar-refractivity contribution < 1.29 is 19.1 Å². The van der Waals surface area contributed by atoms with E-state index in [9.17, 15) is 9.59 Å². The number of rotatable bonds is 6. The van der Waals surface area contributed by atoms with Crippen LogP contribution in [0.4, 0.5) is 4.79 Å². The molecule has 7 nitrogen and oxygen atoms in total. The molecule has 0 aromatic carbocycles. The fourth-order valence-electron chi connectivity index (χ4n) is 3.17. The SMILES string of the molecule is C\C=C(C(=O)OC)/C(C(/C)=N/C=C/CC)=C(/C)N1CCN(C(=O)OC(C)(C)C)CC1. The minimum absolute atomic E-state index is 0.296. The highest BCUT2D eigenvalue weighted by atomic mass is 16.6. The van der Waals surface area contributed by atoms with E-state index in [1.54, 1.807) is 17.2 Å². The van der Waals surface area contributed by atoms with E-state index in [0.29, 0.717) is 31.8 Å². The van der Waals surface area contributed by atoms with Gasteiger partial charge in [-0.15, -0.1) is 0 Å². The fraction of sp³-hybridized carbons (Fsp3) is 0.609. The van der Waals surface area contributed by atoms with Gasteiger partial charge in [0.05, 0.1) is 12.7 Å². The molecule has 1 amide bonds. The van der Waals surface area contributed by atoms with Crippen molar-refractivity contribution in [1.82, 2.24) is 9.80 Å². The summed E-state index contributed by atoms with van der Waals surface area (Å²) >= 11 is 0. The first-order chi connectivity index (χ1) is 14.1. The third kappa shape index (κ3) is 7.35. The topological polar surface area (TPSA) is 71.4 Å². The Balaban J connectivity index is 3.15. The van der Waals surface area contributed by atoms with Crippen LogP contribution in [-0.2, 0) is 14.3 Å². The lowest BCUT2D eigenvalue weighted by atomic mass is 9.98. The largest absolute Gasteiger partial charge is 0.465 e. The van der Waals surface area contributed by atoms with Crippen LogP contribution in [-0.4, -0.2) is 66.5 Å². The summed E-state index contributed by atoms with van der Waals surface area (Å²) in [6.07, 6.45) is 6.06. The number of hydrogen-bond donors (Lipinski definition) is 0. The molecule has 0 bridgehead atoms. The van der Waals surface area contributed by atoms with Crippen molar-refractivity contribution in [3.8, 4) is 0 Å². The predicted molar refractivity (Wildman–Crippen MR) is 120 cm³/mol. The maximum Gasteiger partial charge on any atom is 0.410 e. The summed E-state index contributed by atoms with van der Waals surface area (Å²) in [5.41, 5.74) is 2.40. The summed E-state index contributed by atoms with van der Waals surface area (Å²) in [4.78, 5) is 33.1. The number of piperazine rings is 1. The van der Waals surface area contributed by atoms with E-state index in [2.05, 4.69) is 9.89 Å². The smallest absolute Gasteiger partial charge is 0.410 e. The molecule has 0 aromatic heterocycles. The molecule has 7 heteroatoms. The van der Waals surface area contributed by atoms with Gasteiger partial charge in [0.25, 0.3) is 0 Å². The highest BCUT2D eigenvalue weighted by Gasteiger charge is 2.28. The summed E-state index contributed by atoms with van der Waals surface area (Å²) in [5.74, 6) is -0.395. The number of carbonyl (C=O) groups is 2. The summed E-state index contributed by atoms with van der Waals surface area (Å²) < 4.78 is 10.5. The molecule has 0 unspecified atom stereocenters. The van der Waals surface area contributed by atoms with E-state index < -0.39 is 11.6 Å². The van der Waals surface area contributed by atoms with E-state index >= 15 is 0 Å². The zero-order valence-corrected chi connectivity index (χ0v) is 19.7. The summed E-state index contributed by atoms with van der Waals surface area (Å²) in [5, 5.41) is 0. The second-order valence-electron chi connectivity index (χ2n) is 8.12. The Labute approximate surface area is 181 Å². The van der Waals surface area contributed by atoms with Gasteiger partial charge in [0.1, 0.15) is 5.60 Å². The Morgan fingerprint density at radius 3 is 2.10 bits per heavy atom. The molecule has 1 rings (SSSR count). The van der Waals surface area contributed by atoms with Gasteiger partial charge in [0.2, 0.25) is 0 Å². The minimum Gasteiger partial charge on any atom is -0.465 e. The number of esters is 1. The highest BCUT2D eigenvalue weighted by Crippen LogP contribution is 2.23. The second-order valence-corrected chi connectivity index (χ2v) is 8.12. The maximum atomic E-state index is 12.4. The van der Waals surface area contributed by atoms with Crippen molar-refractivity contribution in [1.29, 1.82) is 0 Å². The molecule has 0 saturated carbocycles. The van der Waals surface area contributed by atoms with Crippen LogP contribution in [0.25, 0.3) is 0 Å². The summed E-state index contributed by atoms with van der Waals surface area (Å²) in [7, 11) is 1.38. The zero-order chi connectivity index (χ0) is 22.9. The van der Waals surface area contributed by atoms with Crippen LogP contribution < -0.4 is 0 Å². The summed E-state index contributed by atoms with van der Waals surface area (Å²) in [6, 6.07) is 0. The van der Waals surface area contributed by atoms with Gasteiger partial charge < -0.3 is 19.3 Å². The fourth-order valence-corrected chi connectivity index (χ4v) is 3.17. The quantitative estimate of drug-likeness (QED) is 0.278. The molecule has 0 aliphatic carbocycles. The molecule has 0 spiro atoms. The minimum atomic E-state index is -0.516. The third-order valence-corrected chi connectivity index (χ3v) is 4.70. The molecule has 0 aromatic rings. The number of ether oxygens (including phenoxy) is 2. The molecule has 1 aliphatic heterocycles. The van der Waals surface area contributed by atoms with Gasteiger partial charge in [-0.2, -0.15) is 0 Å². The Bertz CT molecular complexity index is 734. The van der Waals surface area contributed by atoms with E-state index in [-0.39, 0.29) is 6.09 Å². The van der Waals surface area contributed by atoms with Crippen LogP contribution in [0.2, 0.25) is 0 Å². The number of hydrogen-bond acceptors (Lipinski definition) is 6. The Kier molecular flexibility index (Phi) is 9.82. The van der Waals surface area contributed by atoms with Crippen LogP contribution >= 0.6 is 0 Å². The number of aliphatic imine (C=N–C) groups is 1. The molecular formula is C23H37N3O4. The molecule has 1 fully saturated rings. The standard InChI is InChI=1S/C23H37N3O4/c1-9-11-12-24-17(3)20(19(10-2)21(27)29-8)18(4)25-13-15-26(16-14-25)22(28)30-23(5,6)7/h10-12H,9,13-16H2,1-8H3/b12-11+,19-10+,20-18-,24-17+. The lowest BCUT2D eigenvalue weighted by molar-refractivity contribution is -0.135. The molecule has 0 radical (unpaired) electrons. The van der Waals surface area contributed by atoms with Crippen LogP contribution in [0.3, 0.4) is 0 Å². The van der Waals surface area contributed by atoms with Gasteiger partial charge >= 0.3 is 12.1 Å². The van der Waals surface area contributed by atoms with E-state index in [0.717, 1.165) is 23.4 Å². The Morgan fingerprint density at radius 1 is 1.07 bits per heavy atom. The van der Waals surface area contributed by atoms with Gasteiger partial charge in [0, 0.05) is 49.4 Å². The van der Waals surface area contributed by atoms with Crippen LogP contribution in [0, 0.1) is 0 Å². The van der Waals surface area contributed by atoms with Crippen molar-refractivity contribution in [2.75, 3.05) is 33.3 Å². The number of carbonyl (C=O) groups excluding carboxylic acids is 2. The van der Waals surface area contributed by atoms with Crippen molar-refractivity contribution in [3.63, 3.8) is 0 Å². The van der Waals surface area contributed by atoms with E-state index in [1.165, 1.54) is 7.11 Å². The first-order valence-electron chi connectivity index (χ1n) is 10.4. The molecule has 0 N–H and O–H groups in total. The third-order valence-electron chi connectivity index (χ3n) is 4.70. The second kappa shape index (κ2) is 11.6. The zero-order valence-electron chi connectivity index (χ0n) is 19.7. The number of amides is 1. The van der Waals surface area contributed by atoms with Gasteiger partial charge in [-0.25, -0.2) is 9.59 Å². The Morgan fingerprint density at radius 2 is 1.63 bits per heavy atom. The average molecular weight is 420 g/mol. The first-order valence-corrected chi connectivity index (χ1v) is 10.4. The average Bonchev–Trinajstić information content (AvgIpc) is 2.69. The monoisotopic (exact) mass is 419 g/mol. The van der Waals surface area contributed by atoms with Crippen LogP contribution in [0.5, 0.6) is 0 Å². The predicted octanol–water partition coefficient (Wildman–Crippen LogP) is 4.32. The molecule has 1 aliphatic rings. The normalized spacial score (nSPS) is 17.2. The van der Waals surface area contributed by atoms with Gasteiger partial charge in [-0.05, 0) is 48.0 Å². The number of methoxy groups -OCH3 is 1. The Hall–Kier alpha value is -2.57. The summed E-state index contributed by atoms with van der Waals surface area (Å²) in [6.45, 7) is 15.7. The lowest BCUT2D eigenvalue weighted by Crippen LogP contribution is -2.49. The van der Waals surface area contributed by atoms with E-state index in [4.69, 9.17) is 9.47 Å². The highest BCUT2D eigenvalue weighted by molar-refractivity contribution is 6.12. The molecule has 168 valence electrons. The van der Waals surface area contributed by atoms with Crippen molar-refractivity contribution in [2.45, 2.75) is 60.5 Å². The lowest BCUT2D eigenvalue weighted by Gasteiger charge is -2.38. The van der Waals surface area contributed by atoms with Crippen LogP contribution in [0.15, 0.2) is 40.2 Å². The van der Waals surface area contributed by atoms with Crippen molar-refractivity contribution in [3.05, 3.63) is 35.2 Å². The number of nitrogens with zero attached hydrogens (tertiary/aromatic N) is 3. The molecular weight excluding hydrogens is 382 g/mol. The van der Waals surface area contributed by atoms with Gasteiger partial charge in [-0.3, -0.25) is 4.99 Å². The van der Waals surface area contributed by atoms with Crippen LogP contribution in [0.1, 0.15) is 54.9 Å². The van der Waals surface area contributed by atoms with E-state index in [1.807, 2.05) is 54.5 Å². The first kappa shape index (κ1) is 25.5. The molecule has 0 atom stereocenters. The molecule has 30 heavy (non-hydrogen) atoms. The van der Waals surface area contributed by atoms with Crippen molar-refractivity contribution in [2.24, 2.45) is 4.99 Å². The van der Waals surface area contributed by atoms with Gasteiger partial charge in [-0.1, -0.05) is 19.1 Å². The molecule has 1 saturated heterocycles. The van der Waals surface area contributed by atoms with Crippen molar-refractivity contribution >= 4 is 17.8 Å². The van der Waals surface area contributed by atoms with Gasteiger partial charge in [0.15, 0.2) is 0 Å². The molecule has 1 heterocycles. The maximum absolute atomic E-state index is 12.4.